The molecule has 1 aliphatic heterocycles. The second-order valence-electron chi connectivity index (χ2n) is 15.0. The maximum atomic E-state index is 13.4. The molecule has 7 nitrogen and oxygen atoms in total. The van der Waals surface area contributed by atoms with Crippen molar-refractivity contribution in [1.82, 2.24) is 19.6 Å². The number of aromatic nitrogens is 2. The number of aliphatic hydroxyl groups excluding tert-OH is 1. The van der Waals surface area contributed by atoms with Gasteiger partial charge < -0.3 is 14.9 Å². The molecule has 1 saturated heterocycles. The van der Waals surface area contributed by atoms with Crippen LogP contribution in [0.1, 0.15) is 102 Å². The first-order chi connectivity index (χ1) is 19.5. The Morgan fingerprint density at radius 2 is 1.93 bits per heavy atom. The molecule has 5 aliphatic rings. The van der Waals surface area contributed by atoms with Crippen molar-refractivity contribution in [2.45, 2.75) is 104 Å². The van der Waals surface area contributed by atoms with Crippen molar-refractivity contribution in [3.05, 3.63) is 29.6 Å². The first-order valence-corrected chi connectivity index (χ1v) is 16.5. The van der Waals surface area contributed by atoms with Crippen LogP contribution in [0.4, 0.5) is 0 Å². The summed E-state index contributed by atoms with van der Waals surface area (Å²) in [4.78, 5) is 30.2. The lowest BCUT2D eigenvalue weighted by molar-refractivity contribution is -0.135. The third-order valence-corrected chi connectivity index (χ3v) is 12.8. The molecular formula is C34H52N4O3. The highest BCUT2D eigenvalue weighted by molar-refractivity contribution is 5.94. The number of aliphatic hydroxyl groups is 1. The quantitative estimate of drug-likeness (QED) is 0.483. The van der Waals surface area contributed by atoms with Crippen LogP contribution in [0.2, 0.25) is 0 Å². The van der Waals surface area contributed by atoms with Gasteiger partial charge in [0.05, 0.1) is 17.9 Å². The summed E-state index contributed by atoms with van der Waals surface area (Å²) in [5.41, 5.74) is 2.84. The van der Waals surface area contributed by atoms with E-state index in [0.717, 1.165) is 43.4 Å². The minimum atomic E-state index is -0.139. The SMILES string of the molecule is CC(CCC(=O)N1CCN(C(=O)c2cnn(C)c2)CC1C)[C@H]1CC[C@H]2[C@@H]3CC=C4C[C@@H](O)CC[C@]4(C)[C@H]3CC[C@]12C. The number of allylic oxidation sites excluding steroid dienone is 1. The number of hydrogen-bond acceptors (Lipinski definition) is 4. The van der Waals surface area contributed by atoms with Crippen LogP contribution in [0.3, 0.4) is 0 Å². The molecule has 226 valence electrons. The average molecular weight is 565 g/mol. The molecule has 1 aromatic heterocycles. The summed E-state index contributed by atoms with van der Waals surface area (Å²) in [6.45, 7) is 11.4. The fourth-order valence-electron chi connectivity index (χ4n) is 10.5. The molecule has 1 N–H and O–H groups in total. The largest absolute Gasteiger partial charge is 0.393 e. The molecule has 7 heteroatoms. The van der Waals surface area contributed by atoms with Crippen LogP contribution < -0.4 is 0 Å². The van der Waals surface area contributed by atoms with Crippen LogP contribution in [-0.2, 0) is 11.8 Å². The van der Waals surface area contributed by atoms with Gasteiger partial charge in [-0.25, -0.2) is 0 Å². The van der Waals surface area contributed by atoms with E-state index in [9.17, 15) is 14.7 Å². The number of piperazine rings is 1. The van der Waals surface area contributed by atoms with E-state index >= 15 is 0 Å². The molecule has 4 fully saturated rings. The Morgan fingerprint density at radius 1 is 1.12 bits per heavy atom. The maximum Gasteiger partial charge on any atom is 0.257 e. The lowest BCUT2D eigenvalue weighted by Gasteiger charge is -2.58. The monoisotopic (exact) mass is 564 g/mol. The van der Waals surface area contributed by atoms with Gasteiger partial charge in [0.2, 0.25) is 5.91 Å². The molecule has 1 aromatic rings. The number of carbonyl (C=O) groups is 2. The number of fused-ring (bicyclic) bond motifs is 5. The topological polar surface area (TPSA) is 78.7 Å². The van der Waals surface area contributed by atoms with Crippen LogP contribution in [-0.4, -0.2) is 68.3 Å². The zero-order chi connectivity index (χ0) is 29.1. The molecule has 9 atom stereocenters. The van der Waals surface area contributed by atoms with Gasteiger partial charge in [-0.15, -0.1) is 0 Å². The number of amides is 2. The van der Waals surface area contributed by atoms with Gasteiger partial charge in [-0.05, 0) is 105 Å². The maximum absolute atomic E-state index is 13.4. The van der Waals surface area contributed by atoms with Crippen molar-refractivity contribution in [3.8, 4) is 0 Å². The van der Waals surface area contributed by atoms with Crippen LogP contribution >= 0.6 is 0 Å². The fraction of sp³-hybridized carbons (Fsp3) is 0.794. The Labute approximate surface area is 246 Å². The molecule has 6 rings (SSSR count). The number of nitrogens with zero attached hydrogens (tertiary/aromatic N) is 4. The van der Waals surface area contributed by atoms with E-state index in [4.69, 9.17) is 0 Å². The van der Waals surface area contributed by atoms with Crippen molar-refractivity contribution in [2.24, 2.45) is 47.5 Å². The number of carbonyl (C=O) groups excluding carboxylic acids is 2. The Morgan fingerprint density at radius 3 is 2.66 bits per heavy atom. The van der Waals surface area contributed by atoms with E-state index < -0.39 is 0 Å². The first kappa shape index (κ1) is 28.9. The van der Waals surface area contributed by atoms with Gasteiger partial charge in [0.15, 0.2) is 0 Å². The van der Waals surface area contributed by atoms with Crippen molar-refractivity contribution >= 4 is 11.8 Å². The highest BCUT2D eigenvalue weighted by Crippen LogP contribution is 2.67. The van der Waals surface area contributed by atoms with Crippen molar-refractivity contribution in [1.29, 1.82) is 0 Å². The standard InChI is InChI=1S/C34H52N4O3/c1-22(6-11-31(40)38-17-16-37(20-23(38)2)32(41)24-19-35-36(5)21-24)28-9-10-29-27-8-7-25-18-26(39)12-14-33(25,3)30(27)13-15-34(28,29)4/h7,19,21-23,26-30,39H,6,8-18,20H2,1-5H3/t22?,23?,26-,27-,28+,29-,30-,33-,34+/m0/s1. The van der Waals surface area contributed by atoms with Crippen molar-refractivity contribution in [2.75, 3.05) is 19.6 Å². The second-order valence-corrected chi connectivity index (χ2v) is 15.0. The molecule has 0 bridgehead atoms. The molecular weight excluding hydrogens is 512 g/mol. The van der Waals surface area contributed by atoms with E-state index in [-0.39, 0.29) is 24.0 Å². The minimum Gasteiger partial charge on any atom is -0.393 e. The van der Waals surface area contributed by atoms with Crippen LogP contribution in [0.5, 0.6) is 0 Å². The van der Waals surface area contributed by atoms with Gasteiger partial charge in [0, 0.05) is 45.3 Å². The lowest BCUT2D eigenvalue weighted by atomic mass is 9.47. The first-order valence-electron chi connectivity index (χ1n) is 16.5. The number of rotatable bonds is 5. The molecule has 2 amide bonds. The Hall–Kier alpha value is -2.15. The fourth-order valence-corrected chi connectivity index (χ4v) is 10.5. The smallest absolute Gasteiger partial charge is 0.257 e. The molecule has 4 aliphatic carbocycles. The van der Waals surface area contributed by atoms with Gasteiger partial charge in [-0.1, -0.05) is 32.4 Å². The van der Waals surface area contributed by atoms with Gasteiger partial charge in [-0.2, -0.15) is 5.10 Å². The molecule has 41 heavy (non-hydrogen) atoms. The summed E-state index contributed by atoms with van der Waals surface area (Å²) in [6, 6.07) is 0.0299. The highest BCUT2D eigenvalue weighted by Gasteiger charge is 2.59. The van der Waals surface area contributed by atoms with Crippen LogP contribution in [0, 0.1) is 40.4 Å². The molecule has 2 heterocycles. The molecule has 0 aromatic carbocycles. The van der Waals surface area contributed by atoms with Crippen LogP contribution in [0.15, 0.2) is 24.0 Å². The Balaban J connectivity index is 1.04. The molecule has 0 spiro atoms. The summed E-state index contributed by atoms with van der Waals surface area (Å²) in [5.74, 6) is 3.83. The predicted molar refractivity (Wildman–Crippen MR) is 160 cm³/mol. The minimum absolute atomic E-state index is 0.00387. The Kier molecular flexibility index (Phi) is 7.65. The summed E-state index contributed by atoms with van der Waals surface area (Å²) in [6.07, 6.45) is 16.8. The molecule has 0 radical (unpaired) electrons. The zero-order valence-corrected chi connectivity index (χ0v) is 26.0. The third-order valence-electron chi connectivity index (χ3n) is 12.8. The summed E-state index contributed by atoms with van der Waals surface area (Å²) in [5, 5.41) is 14.5. The number of hydrogen-bond donors (Lipinski definition) is 1. The summed E-state index contributed by atoms with van der Waals surface area (Å²) in [7, 11) is 1.82. The van der Waals surface area contributed by atoms with Gasteiger partial charge in [-0.3, -0.25) is 14.3 Å². The summed E-state index contributed by atoms with van der Waals surface area (Å²) < 4.78 is 1.65. The Bertz CT molecular complexity index is 1190. The predicted octanol–water partition coefficient (Wildman–Crippen LogP) is 5.45. The average Bonchev–Trinajstić information content (AvgIpc) is 3.54. The van der Waals surface area contributed by atoms with E-state index in [2.05, 4.69) is 38.9 Å². The van der Waals surface area contributed by atoms with Gasteiger partial charge in [0.25, 0.3) is 5.91 Å². The van der Waals surface area contributed by atoms with Crippen molar-refractivity contribution in [3.63, 3.8) is 0 Å². The lowest BCUT2D eigenvalue weighted by Crippen LogP contribution is -2.55. The molecule has 2 unspecified atom stereocenters. The highest BCUT2D eigenvalue weighted by atomic mass is 16.3. The zero-order valence-electron chi connectivity index (χ0n) is 26.0. The van der Waals surface area contributed by atoms with Gasteiger partial charge >= 0.3 is 0 Å². The van der Waals surface area contributed by atoms with Gasteiger partial charge in [0.1, 0.15) is 0 Å². The van der Waals surface area contributed by atoms with Crippen LogP contribution in [0.25, 0.3) is 0 Å². The van der Waals surface area contributed by atoms with E-state index in [1.165, 1.54) is 32.1 Å². The normalized spacial score (nSPS) is 39.4. The third kappa shape index (κ3) is 4.98. The summed E-state index contributed by atoms with van der Waals surface area (Å²) >= 11 is 0. The second kappa shape index (κ2) is 10.8. The number of aryl methyl sites for hydroxylation is 1. The van der Waals surface area contributed by atoms with E-state index in [1.54, 1.807) is 22.6 Å². The molecule has 3 saturated carbocycles. The van der Waals surface area contributed by atoms with E-state index in [0.29, 0.717) is 54.3 Å². The van der Waals surface area contributed by atoms with Crippen molar-refractivity contribution < 1.29 is 14.7 Å². The van der Waals surface area contributed by atoms with E-state index in [1.807, 2.05) is 16.8 Å².